The van der Waals surface area contributed by atoms with Crippen molar-refractivity contribution >= 4 is 69.2 Å². The van der Waals surface area contributed by atoms with Gasteiger partial charge in [0.1, 0.15) is 0 Å². The summed E-state index contributed by atoms with van der Waals surface area (Å²) in [6.45, 7) is 0. The molecule has 6 aromatic rings. The second kappa shape index (κ2) is 5.69. The number of halogens is 1. The van der Waals surface area contributed by atoms with Gasteiger partial charge < -0.3 is 4.57 Å². The van der Waals surface area contributed by atoms with Gasteiger partial charge in [-0.1, -0.05) is 58.4 Å². The molecule has 1 nitrogen and oxygen atoms in total. The van der Waals surface area contributed by atoms with E-state index in [0.29, 0.717) is 0 Å². The lowest BCUT2D eigenvalue weighted by molar-refractivity contribution is 1.18. The van der Waals surface area contributed by atoms with Crippen molar-refractivity contribution in [2.24, 2.45) is 0 Å². The van der Waals surface area contributed by atoms with E-state index in [4.69, 9.17) is 0 Å². The predicted molar refractivity (Wildman–Crippen MR) is 121 cm³/mol. The number of rotatable bonds is 1. The summed E-state index contributed by atoms with van der Waals surface area (Å²) in [5.74, 6) is 0. The molecule has 3 heteroatoms. The van der Waals surface area contributed by atoms with Crippen LogP contribution in [-0.2, 0) is 0 Å². The molecule has 0 spiro atoms. The number of nitrogens with zero attached hydrogens (tertiary/aromatic N) is 1. The molecule has 2 heterocycles. The maximum absolute atomic E-state index is 3.75. The van der Waals surface area contributed by atoms with E-state index in [1.54, 1.807) is 0 Å². The summed E-state index contributed by atoms with van der Waals surface area (Å²) < 4.78 is 6.19. The van der Waals surface area contributed by atoms with Gasteiger partial charge in [-0.3, -0.25) is 0 Å². The molecule has 0 atom stereocenters. The van der Waals surface area contributed by atoms with Crippen LogP contribution in [0.2, 0.25) is 0 Å². The maximum atomic E-state index is 3.75. The molecule has 0 saturated heterocycles. The van der Waals surface area contributed by atoms with Gasteiger partial charge in [-0.2, -0.15) is 0 Å². The van der Waals surface area contributed by atoms with Crippen molar-refractivity contribution in [2.45, 2.75) is 0 Å². The minimum absolute atomic E-state index is 1.16. The Balaban J connectivity index is 1.85. The van der Waals surface area contributed by atoms with Crippen LogP contribution in [0, 0.1) is 0 Å². The number of hydrogen-bond acceptors (Lipinski definition) is 1. The number of para-hydroxylation sites is 2. The molecular weight excluding hydrogens is 414 g/mol. The lowest BCUT2D eigenvalue weighted by Gasteiger charge is -2.07. The lowest BCUT2D eigenvalue weighted by atomic mass is 10.1. The molecular formula is C24H14BrNS. The van der Waals surface area contributed by atoms with Crippen molar-refractivity contribution in [3.8, 4) is 5.69 Å². The highest BCUT2D eigenvalue weighted by Crippen LogP contribution is 2.42. The second-order valence-corrected chi connectivity index (χ2v) is 8.71. The lowest BCUT2D eigenvalue weighted by Crippen LogP contribution is -1.92. The van der Waals surface area contributed by atoms with E-state index in [-0.39, 0.29) is 0 Å². The third-order valence-corrected chi connectivity index (χ3v) is 7.03. The number of thiophene rings is 1. The van der Waals surface area contributed by atoms with Crippen LogP contribution in [0.3, 0.4) is 0 Å². The Hall–Kier alpha value is -2.62. The van der Waals surface area contributed by atoms with Crippen molar-refractivity contribution in [3.05, 3.63) is 89.4 Å². The highest BCUT2D eigenvalue weighted by atomic mass is 79.9. The summed E-state index contributed by atoms with van der Waals surface area (Å²) in [6, 6.07) is 30.5. The van der Waals surface area contributed by atoms with Crippen LogP contribution >= 0.6 is 27.3 Å². The van der Waals surface area contributed by atoms with Gasteiger partial charge in [-0.15, -0.1) is 11.3 Å². The van der Waals surface area contributed by atoms with E-state index in [2.05, 4.69) is 105 Å². The SMILES string of the molecule is Brc1cccc2sc3cc4c(cc3c12)c1ccccc1n4-c1ccccc1. The van der Waals surface area contributed by atoms with Crippen molar-refractivity contribution in [2.75, 3.05) is 0 Å². The van der Waals surface area contributed by atoms with E-state index in [1.807, 2.05) is 11.3 Å². The van der Waals surface area contributed by atoms with Gasteiger partial charge >= 0.3 is 0 Å². The van der Waals surface area contributed by atoms with E-state index in [1.165, 1.54) is 47.7 Å². The summed E-state index contributed by atoms with van der Waals surface area (Å²) in [7, 11) is 0. The third-order valence-electron chi connectivity index (χ3n) is 5.25. The smallest absolute Gasteiger partial charge is 0.0555 e. The van der Waals surface area contributed by atoms with Gasteiger partial charge in [-0.25, -0.2) is 0 Å². The van der Waals surface area contributed by atoms with Gasteiger partial charge in [0.05, 0.1) is 11.0 Å². The zero-order chi connectivity index (χ0) is 18.0. The molecule has 0 bridgehead atoms. The van der Waals surface area contributed by atoms with Gasteiger partial charge in [0, 0.05) is 41.1 Å². The first-order valence-corrected chi connectivity index (χ1v) is 10.5. The molecule has 0 aliphatic heterocycles. The molecule has 0 unspecified atom stereocenters. The Bertz CT molecular complexity index is 1470. The normalized spacial score (nSPS) is 11.9. The molecule has 0 aliphatic rings. The molecule has 0 fully saturated rings. The monoisotopic (exact) mass is 427 g/mol. The molecule has 0 saturated carbocycles. The second-order valence-electron chi connectivity index (χ2n) is 6.77. The van der Waals surface area contributed by atoms with Crippen molar-refractivity contribution in [1.82, 2.24) is 4.57 Å². The first-order chi connectivity index (χ1) is 13.3. The maximum Gasteiger partial charge on any atom is 0.0555 e. The van der Waals surface area contributed by atoms with Crippen LogP contribution in [0.4, 0.5) is 0 Å². The fraction of sp³-hybridized carbons (Fsp3) is 0. The predicted octanol–water partition coefficient (Wildman–Crippen LogP) is 7.91. The van der Waals surface area contributed by atoms with Crippen LogP contribution < -0.4 is 0 Å². The molecule has 27 heavy (non-hydrogen) atoms. The molecule has 128 valence electrons. The van der Waals surface area contributed by atoms with E-state index < -0.39 is 0 Å². The highest BCUT2D eigenvalue weighted by molar-refractivity contribution is 9.10. The molecule has 2 aromatic heterocycles. The average Bonchev–Trinajstić information content (AvgIpc) is 3.22. The minimum Gasteiger partial charge on any atom is -0.309 e. The summed E-state index contributed by atoms with van der Waals surface area (Å²) in [5.41, 5.74) is 3.71. The number of fused-ring (bicyclic) bond motifs is 6. The Kier molecular flexibility index (Phi) is 3.25. The summed E-state index contributed by atoms with van der Waals surface area (Å²) in [6.07, 6.45) is 0. The van der Waals surface area contributed by atoms with Crippen LogP contribution in [0.1, 0.15) is 0 Å². The van der Waals surface area contributed by atoms with Crippen LogP contribution in [0.25, 0.3) is 47.7 Å². The van der Waals surface area contributed by atoms with Gasteiger partial charge in [0.15, 0.2) is 0 Å². The van der Waals surface area contributed by atoms with Gasteiger partial charge in [0.2, 0.25) is 0 Å². The first-order valence-electron chi connectivity index (χ1n) is 8.90. The van der Waals surface area contributed by atoms with Crippen molar-refractivity contribution < 1.29 is 0 Å². The summed E-state index contributed by atoms with van der Waals surface area (Å²) in [5, 5.41) is 5.24. The standard InChI is InChI=1S/C24H14BrNS/c25-19-10-6-12-22-24(19)18-13-17-16-9-4-5-11-20(16)26(15-7-2-1-3-8-15)21(17)14-23(18)27-22/h1-14H. The molecule has 0 N–H and O–H groups in total. The summed E-state index contributed by atoms with van der Waals surface area (Å²) in [4.78, 5) is 0. The van der Waals surface area contributed by atoms with E-state index in [9.17, 15) is 0 Å². The van der Waals surface area contributed by atoms with Crippen LogP contribution in [0.15, 0.2) is 89.4 Å². The Labute approximate surface area is 168 Å². The van der Waals surface area contributed by atoms with Crippen molar-refractivity contribution in [1.29, 1.82) is 0 Å². The molecule has 6 rings (SSSR count). The van der Waals surface area contributed by atoms with E-state index in [0.717, 1.165) is 4.47 Å². The molecule has 0 aliphatic carbocycles. The Morgan fingerprint density at radius 3 is 2.33 bits per heavy atom. The fourth-order valence-corrected chi connectivity index (χ4v) is 5.96. The highest BCUT2D eigenvalue weighted by Gasteiger charge is 2.15. The van der Waals surface area contributed by atoms with E-state index >= 15 is 0 Å². The number of benzene rings is 4. The molecule has 4 aromatic carbocycles. The Morgan fingerprint density at radius 1 is 0.630 bits per heavy atom. The minimum atomic E-state index is 1.16. The van der Waals surface area contributed by atoms with Gasteiger partial charge in [-0.05, 0) is 42.5 Å². The number of aromatic nitrogens is 1. The van der Waals surface area contributed by atoms with Crippen molar-refractivity contribution in [3.63, 3.8) is 0 Å². The fourth-order valence-electron chi connectivity index (χ4n) is 4.10. The van der Waals surface area contributed by atoms with Gasteiger partial charge in [0.25, 0.3) is 0 Å². The zero-order valence-corrected chi connectivity index (χ0v) is 16.7. The van der Waals surface area contributed by atoms with Crippen LogP contribution in [0.5, 0.6) is 0 Å². The third kappa shape index (κ3) is 2.16. The largest absolute Gasteiger partial charge is 0.309 e. The molecule has 0 radical (unpaired) electrons. The van der Waals surface area contributed by atoms with Crippen LogP contribution in [-0.4, -0.2) is 4.57 Å². The zero-order valence-electron chi connectivity index (χ0n) is 14.3. The summed E-state index contributed by atoms with van der Waals surface area (Å²) >= 11 is 5.62. The Morgan fingerprint density at radius 2 is 1.44 bits per heavy atom. The topological polar surface area (TPSA) is 4.93 Å². The quantitative estimate of drug-likeness (QED) is 0.251. The average molecular weight is 428 g/mol. The number of hydrogen-bond donors (Lipinski definition) is 0. The first kappa shape index (κ1) is 15.4. The molecule has 0 amide bonds.